The van der Waals surface area contributed by atoms with Crippen LogP contribution in [0.4, 0.5) is 0 Å². The lowest BCUT2D eigenvalue weighted by molar-refractivity contribution is -0.137. The van der Waals surface area contributed by atoms with Crippen molar-refractivity contribution >= 4 is 39.3 Å². The lowest BCUT2D eigenvalue weighted by atomic mass is 9.97. The van der Waals surface area contributed by atoms with E-state index in [9.17, 15) is 9.59 Å². The number of aryl methyl sites for hydroxylation is 2. The number of ether oxygens (including phenoxy) is 1. The standard InChI is InChI=1S/C20H18N2O3S2/c23-18-16-13-8-4-5-9-14(13)26-17(16)21-20(27-15-10-11-25-19(15)24)22(18)12-6-2-1-3-7-12/h1-3,6-7,15H,4-5,8-11H2/t15-/m1/s1. The minimum absolute atomic E-state index is 0.0283. The summed E-state index contributed by atoms with van der Waals surface area (Å²) in [5, 5.41) is 1.02. The maximum Gasteiger partial charge on any atom is 0.319 e. The maximum atomic E-state index is 13.5. The zero-order valence-corrected chi connectivity index (χ0v) is 16.3. The van der Waals surface area contributed by atoms with Crippen LogP contribution in [0.3, 0.4) is 0 Å². The van der Waals surface area contributed by atoms with Crippen LogP contribution in [0.1, 0.15) is 29.7 Å². The summed E-state index contributed by atoms with van der Waals surface area (Å²) < 4.78 is 6.76. The average Bonchev–Trinajstić information content (AvgIpc) is 3.26. The molecule has 7 heteroatoms. The van der Waals surface area contributed by atoms with Gasteiger partial charge in [-0.1, -0.05) is 30.0 Å². The first-order valence-corrected chi connectivity index (χ1v) is 10.9. The molecule has 0 amide bonds. The highest BCUT2D eigenvalue weighted by Crippen LogP contribution is 2.36. The number of benzene rings is 1. The smallest absolute Gasteiger partial charge is 0.319 e. The second-order valence-electron chi connectivity index (χ2n) is 6.82. The molecule has 138 valence electrons. The van der Waals surface area contributed by atoms with E-state index in [1.165, 1.54) is 28.6 Å². The molecule has 3 aromatic rings. The molecule has 1 fully saturated rings. The van der Waals surface area contributed by atoms with Gasteiger partial charge in [0.25, 0.3) is 5.56 Å². The van der Waals surface area contributed by atoms with E-state index < -0.39 is 0 Å². The van der Waals surface area contributed by atoms with Crippen LogP contribution in [0.25, 0.3) is 15.9 Å². The van der Waals surface area contributed by atoms with E-state index in [0.29, 0.717) is 18.2 Å². The third-order valence-electron chi connectivity index (χ3n) is 5.11. The van der Waals surface area contributed by atoms with Crippen LogP contribution in [0.2, 0.25) is 0 Å². The molecule has 1 aromatic carbocycles. The van der Waals surface area contributed by atoms with E-state index in [1.807, 2.05) is 30.3 Å². The van der Waals surface area contributed by atoms with Crippen LogP contribution in [0.5, 0.6) is 0 Å². The Labute approximate surface area is 164 Å². The minimum atomic E-state index is -0.307. The van der Waals surface area contributed by atoms with Gasteiger partial charge in [0, 0.05) is 11.3 Å². The van der Waals surface area contributed by atoms with Crippen molar-refractivity contribution in [3.05, 3.63) is 51.1 Å². The molecule has 2 aliphatic rings. The highest BCUT2D eigenvalue weighted by Gasteiger charge is 2.30. The fourth-order valence-corrected chi connectivity index (χ4v) is 6.16. The second-order valence-corrected chi connectivity index (χ2v) is 9.08. The predicted molar refractivity (Wildman–Crippen MR) is 107 cm³/mol. The topological polar surface area (TPSA) is 61.2 Å². The summed E-state index contributed by atoms with van der Waals surface area (Å²) in [5.41, 5.74) is 1.93. The second kappa shape index (κ2) is 6.80. The molecular formula is C20H18N2O3S2. The van der Waals surface area contributed by atoms with Crippen molar-refractivity contribution < 1.29 is 9.53 Å². The first kappa shape index (κ1) is 17.0. The number of thiophene rings is 1. The Bertz CT molecular complexity index is 1090. The van der Waals surface area contributed by atoms with Gasteiger partial charge in [-0.05, 0) is 43.4 Å². The van der Waals surface area contributed by atoms with Gasteiger partial charge in [0.1, 0.15) is 10.1 Å². The van der Waals surface area contributed by atoms with Gasteiger partial charge in [-0.15, -0.1) is 11.3 Å². The predicted octanol–water partition coefficient (Wildman–Crippen LogP) is 3.73. The van der Waals surface area contributed by atoms with Crippen LogP contribution in [-0.2, 0) is 22.4 Å². The number of nitrogens with zero attached hydrogens (tertiary/aromatic N) is 2. The van der Waals surface area contributed by atoms with Crippen molar-refractivity contribution in [3.8, 4) is 5.69 Å². The Kier molecular flexibility index (Phi) is 4.28. The van der Waals surface area contributed by atoms with Crippen LogP contribution in [-0.4, -0.2) is 27.4 Å². The first-order chi connectivity index (χ1) is 13.2. The SMILES string of the molecule is O=C1OCC[C@H]1Sc1nc2sc3c(c2c(=O)n1-c1ccccc1)CCCC3. The zero-order valence-electron chi connectivity index (χ0n) is 14.6. The highest BCUT2D eigenvalue weighted by atomic mass is 32.2. The van der Waals surface area contributed by atoms with Crippen molar-refractivity contribution in [2.45, 2.75) is 42.5 Å². The fraction of sp³-hybridized carbons (Fsp3) is 0.350. The summed E-state index contributed by atoms with van der Waals surface area (Å²) in [6.45, 7) is 0.432. The molecular weight excluding hydrogens is 380 g/mol. The van der Waals surface area contributed by atoms with Crippen molar-refractivity contribution in [1.29, 1.82) is 0 Å². The molecule has 1 atom stereocenters. The summed E-state index contributed by atoms with van der Waals surface area (Å²) in [6.07, 6.45) is 4.91. The van der Waals surface area contributed by atoms with Crippen LogP contribution < -0.4 is 5.56 Å². The summed E-state index contributed by atoms with van der Waals surface area (Å²) in [5.74, 6) is -0.223. The van der Waals surface area contributed by atoms with Crippen molar-refractivity contribution in [3.63, 3.8) is 0 Å². The van der Waals surface area contributed by atoms with Crippen molar-refractivity contribution in [2.24, 2.45) is 0 Å². The summed E-state index contributed by atoms with van der Waals surface area (Å²) in [7, 11) is 0. The Morgan fingerprint density at radius 2 is 1.96 bits per heavy atom. The van der Waals surface area contributed by atoms with Gasteiger partial charge < -0.3 is 4.74 Å². The molecule has 27 heavy (non-hydrogen) atoms. The summed E-state index contributed by atoms with van der Waals surface area (Å²) >= 11 is 2.98. The normalized spacial score (nSPS) is 19.3. The molecule has 1 aliphatic carbocycles. The van der Waals surface area contributed by atoms with Crippen LogP contribution in [0, 0.1) is 0 Å². The van der Waals surface area contributed by atoms with E-state index in [0.717, 1.165) is 35.2 Å². The number of hydrogen-bond donors (Lipinski definition) is 0. The number of thioether (sulfide) groups is 1. The van der Waals surface area contributed by atoms with Gasteiger partial charge >= 0.3 is 5.97 Å². The molecule has 1 aliphatic heterocycles. The van der Waals surface area contributed by atoms with Gasteiger partial charge in [0.2, 0.25) is 0 Å². The molecule has 5 nitrogen and oxygen atoms in total. The fourth-order valence-electron chi connectivity index (χ4n) is 3.78. The number of carbonyl (C=O) groups is 1. The zero-order chi connectivity index (χ0) is 18.4. The Hall–Kier alpha value is -2.12. The lowest BCUT2D eigenvalue weighted by Gasteiger charge is -2.14. The largest absolute Gasteiger partial charge is 0.465 e. The van der Waals surface area contributed by atoms with E-state index >= 15 is 0 Å². The quantitative estimate of drug-likeness (QED) is 0.497. The van der Waals surface area contributed by atoms with E-state index in [-0.39, 0.29) is 16.8 Å². The number of esters is 1. The molecule has 3 heterocycles. The first-order valence-electron chi connectivity index (χ1n) is 9.18. The van der Waals surface area contributed by atoms with Gasteiger partial charge in [-0.25, -0.2) is 4.98 Å². The van der Waals surface area contributed by atoms with Gasteiger partial charge in [0.05, 0.1) is 17.7 Å². The molecule has 0 bridgehead atoms. The van der Waals surface area contributed by atoms with Crippen molar-refractivity contribution in [1.82, 2.24) is 9.55 Å². The van der Waals surface area contributed by atoms with E-state index in [4.69, 9.17) is 9.72 Å². The third kappa shape index (κ3) is 2.89. The van der Waals surface area contributed by atoms with Crippen LogP contribution in [0.15, 0.2) is 40.3 Å². The Balaban J connectivity index is 1.74. The Morgan fingerprint density at radius 1 is 1.15 bits per heavy atom. The number of rotatable bonds is 3. The van der Waals surface area contributed by atoms with E-state index in [2.05, 4.69) is 0 Å². The molecule has 0 N–H and O–H groups in total. The lowest BCUT2D eigenvalue weighted by Crippen LogP contribution is -2.23. The summed E-state index contributed by atoms with van der Waals surface area (Å²) in [6, 6.07) is 9.56. The van der Waals surface area contributed by atoms with Crippen LogP contribution >= 0.6 is 23.1 Å². The molecule has 2 aromatic heterocycles. The highest BCUT2D eigenvalue weighted by molar-refractivity contribution is 8.00. The molecule has 0 radical (unpaired) electrons. The van der Waals surface area contributed by atoms with Gasteiger partial charge in [0.15, 0.2) is 5.16 Å². The monoisotopic (exact) mass is 398 g/mol. The summed E-state index contributed by atoms with van der Waals surface area (Å²) in [4.78, 5) is 32.5. The third-order valence-corrected chi connectivity index (χ3v) is 7.49. The number of carbonyl (C=O) groups excluding carboxylic acids is 1. The number of aromatic nitrogens is 2. The maximum absolute atomic E-state index is 13.5. The van der Waals surface area contributed by atoms with Gasteiger partial charge in [-0.3, -0.25) is 14.2 Å². The molecule has 5 rings (SSSR count). The molecule has 0 spiro atoms. The number of cyclic esters (lactones) is 1. The van der Waals surface area contributed by atoms with Crippen molar-refractivity contribution in [2.75, 3.05) is 6.61 Å². The molecule has 0 saturated carbocycles. The van der Waals surface area contributed by atoms with E-state index in [1.54, 1.807) is 15.9 Å². The van der Waals surface area contributed by atoms with Gasteiger partial charge in [-0.2, -0.15) is 0 Å². The Morgan fingerprint density at radius 3 is 2.74 bits per heavy atom. The minimum Gasteiger partial charge on any atom is -0.465 e. The molecule has 1 saturated heterocycles. The number of para-hydroxylation sites is 1. The molecule has 0 unspecified atom stereocenters. The number of fused-ring (bicyclic) bond motifs is 3. The number of hydrogen-bond acceptors (Lipinski definition) is 6. The average molecular weight is 399 g/mol.